The second kappa shape index (κ2) is 11.4. The molecule has 1 aromatic heterocycles. The van der Waals surface area contributed by atoms with E-state index in [2.05, 4.69) is 15.2 Å². The molecule has 0 bridgehead atoms. The molecular formula is C28H26FN3O4S. The summed E-state index contributed by atoms with van der Waals surface area (Å²) >= 11 is 1.45. The van der Waals surface area contributed by atoms with Gasteiger partial charge in [-0.2, -0.15) is 0 Å². The fourth-order valence-corrected chi connectivity index (χ4v) is 4.82. The number of fused-ring (bicyclic) bond motifs is 1. The van der Waals surface area contributed by atoms with Crippen LogP contribution >= 0.6 is 11.3 Å². The van der Waals surface area contributed by atoms with Gasteiger partial charge in [0.05, 0.1) is 13.7 Å². The molecule has 9 heteroatoms. The van der Waals surface area contributed by atoms with E-state index < -0.39 is 0 Å². The normalized spacial score (nSPS) is 12.1. The van der Waals surface area contributed by atoms with Crippen LogP contribution in [0.25, 0.3) is 0 Å². The first-order valence-corrected chi connectivity index (χ1v) is 12.6. The number of halogens is 1. The van der Waals surface area contributed by atoms with Crippen molar-refractivity contribution < 1.29 is 23.4 Å². The lowest BCUT2D eigenvalue weighted by Crippen LogP contribution is -2.24. The predicted molar refractivity (Wildman–Crippen MR) is 138 cm³/mol. The van der Waals surface area contributed by atoms with Crippen molar-refractivity contribution in [1.82, 2.24) is 15.2 Å². The Hall–Kier alpha value is -3.95. The zero-order valence-corrected chi connectivity index (χ0v) is 21.1. The van der Waals surface area contributed by atoms with Gasteiger partial charge in [0.15, 0.2) is 11.5 Å². The third kappa shape index (κ3) is 6.44. The lowest BCUT2D eigenvalue weighted by Gasteiger charge is -2.22. The van der Waals surface area contributed by atoms with Gasteiger partial charge in [-0.25, -0.2) is 9.37 Å². The Bertz CT molecular complexity index is 1360. The first-order chi connectivity index (χ1) is 18.1. The smallest absolute Gasteiger partial charge is 0.271 e. The molecule has 1 amide bonds. The summed E-state index contributed by atoms with van der Waals surface area (Å²) in [5, 5.41) is 5.45. The maximum Gasteiger partial charge on any atom is 0.271 e. The number of carbonyl (C=O) groups is 1. The molecule has 0 radical (unpaired) electrons. The van der Waals surface area contributed by atoms with E-state index in [4.69, 9.17) is 14.2 Å². The molecule has 1 N–H and O–H groups in total. The second-order valence-electron chi connectivity index (χ2n) is 8.62. The van der Waals surface area contributed by atoms with Gasteiger partial charge in [-0.1, -0.05) is 30.3 Å². The number of hydrogen-bond acceptors (Lipinski definition) is 7. The average Bonchev–Trinajstić information content (AvgIpc) is 3.58. The molecular weight excluding hydrogens is 493 g/mol. The summed E-state index contributed by atoms with van der Waals surface area (Å²) in [7, 11) is 1.65. The van der Waals surface area contributed by atoms with E-state index in [1.54, 1.807) is 24.6 Å². The van der Waals surface area contributed by atoms with E-state index in [0.717, 1.165) is 38.9 Å². The molecule has 0 saturated heterocycles. The third-order valence-electron chi connectivity index (χ3n) is 5.92. The Morgan fingerprint density at radius 2 is 1.68 bits per heavy atom. The highest BCUT2D eigenvalue weighted by atomic mass is 32.1. The number of rotatable bonds is 10. The van der Waals surface area contributed by atoms with Gasteiger partial charge in [-0.15, -0.1) is 11.3 Å². The predicted octanol–water partition coefficient (Wildman–Crippen LogP) is 5.15. The number of nitrogens with one attached hydrogen (secondary N) is 1. The van der Waals surface area contributed by atoms with Gasteiger partial charge in [-0.05, 0) is 53.1 Å². The molecule has 2 heterocycles. The van der Waals surface area contributed by atoms with Crippen LogP contribution in [-0.2, 0) is 26.2 Å². The van der Waals surface area contributed by atoms with Crippen LogP contribution in [0, 0.1) is 5.82 Å². The van der Waals surface area contributed by atoms with Crippen molar-refractivity contribution in [1.29, 1.82) is 0 Å². The van der Waals surface area contributed by atoms with Crippen LogP contribution in [0.2, 0.25) is 0 Å². The molecule has 0 aliphatic carbocycles. The zero-order chi connectivity index (χ0) is 25.6. The van der Waals surface area contributed by atoms with Crippen molar-refractivity contribution in [2.45, 2.75) is 26.2 Å². The fraction of sp³-hybridized carbons (Fsp3) is 0.214. The van der Waals surface area contributed by atoms with Crippen molar-refractivity contribution in [3.63, 3.8) is 0 Å². The van der Waals surface area contributed by atoms with Crippen molar-refractivity contribution in [2.75, 3.05) is 13.9 Å². The van der Waals surface area contributed by atoms with E-state index in [0.29, 0.717) is 31.9 Å². The fourth-order valence-electron chi connectivity index (χ4n) is 4.01. The summed E-state index contributed by atoms with van der Waals surface area (Å²) < 4.78 is 29.4. The molecule has 5 rings (SSSR count). The van der Waals surface area contributed by atoms with Gasteiger partial charge < -0.3 is 19.5 Å². The molecule has 37 heavy (non-hydrogen) atoms. The number of methoxy groups -OCH3 is 1. The summed E-state index contributed by atoms with van der Waals surface area (Å²) in [6.45, 7) is 2.45. The second-order valence-corrected chi connectivity index (χ2v) is 9.56. The maximum absolute atomic E-state index is 13.1. The molecule has 0 spiro atoms. The lowest BCUT2D eigenvalue weighted by molar-refractivity contribution is 0.0946. The van der Waals surface area contributed by atoms with E-state index >= 15 is 0 Å². The van der Waals surface area contributed by atoms with Crippen LogP contribution in [0.15, 0.2) is 72.1 Å². The minimum atomic E-state index is -0.306. The first-order valence-electron chi connectivity index (χ1n) is 11.8. The largest absolute Gasteiger partial charge is 0.497 e. The standard InChI is InChI=1S/C28H26FN3O4S/c1-34-23-9-4-20(5-10-23)14-32(15-21-6-11-25-26(12-21)36-18-35-25)16-27-31-24(17-37-27)28(33)30-13-19-2-7-22(29)8-3-19/h2-12,17H,13-16,18H2,1H3,(H,30,33). The van der Waals surface area contributed by atoms with E-state index in [9.17, 15) is 9.18 Å². The number of carbonyl (C=O) groups excluding carboxylic acids is 1. The monoisotopic (exact) mass is 519 g/mol. The van der Waals surface area contributed by atoms with Gasteiger partial charge in [-0.3, -0.25) is 9.69 Å². The Kier molecular flexibility index (Phi) is 7.62. The molecule has 1 aliphatic rings. The molecule has 0 fully saturated rings. The summed E-state index contributed by atoms with van der Waals surface area (Å²) in [6, 6.07) is 20.0. The quantitative estimate of drug-likeness (QED) is 0.312. The molecule has 4 aromatic rings. The molecule has 190 valence electrons. The van der Waals surface area contributed by atoms with Crippen molar-refractivity contribution >= 4 is 17.2 Å². The molecule has 0 atom stereocenters. The van der Waals surface area contributed by atoms with E-state index in [1.807, 2.05) is 42.5 Å². The topological polar surface area (TPSA) is 72.9 Å². The lowest BCUT2D eigenvalue weighted by atomic mass is 10.1. The number of hydrogen-bond donors (Lipinski definition) is 1. The minimum absolute atomic E-state index is 0.236. The van der Waals surface area contributed by atoms with E-state index in [1.165, 1.54) is 23.5 Å². The molecule has 7 nitrogen and oxygen atoms in total. The van der Waals surface area contributed by atoms with Crippen LogP contribution in [-0.4, -0.2) is 29.7 Å². The summed E-state index contributed by atoms with van der Waals surface area (Å²) in [6.07, 6.45) is 0. The van der Waals surface area contributed by atoms with Gasteiger partial charge >= 0.3 is 0 Å². The number of amides is 1. The Morgan fingerprint density at radius 3 is 2.46 bits per heavy atom. The highest BCUT2D eigenvalue weighted by molar-refractivity contribution is 7.09. The Balaban J connectivity index is 1.27. The molecule has 1 aliphatic heterocycles. The maximum atomic E-state index is 13.1. The van der Waals surface area contributed by atoms with Gasteiger partial charge in [0.25, 0.3) is 5.91 Å². The Morgan fingerprint density at radius 1 is 0.973 bits per heavy atom. The van der Waals surface area contributed by atoms with Crippen LogP contribution < -0.4 is 19.5 Å². The number of aromatic nitrogens is 1. The van der Waals surface area contributed by atoms with Crippen molar-refractivity contribution in [3.8, 4) is 17.2 Å². The number of ether oxygens (including phenoxy) is 3. The van der Waals surface area contributed by atoms with Crippen LogP contribution in [0.3, 0.4) is 0 Å². The summed E-state index contributed by atoms with van der Waals surface area (Å²) in [4.78, 5) is 19.5. The number of thiazole rings is 1. The minimum Gasteiger partial charge on any atom is -0.497 e. The van der Waals surface area contributed by atoms with Crippen molar-refractivity contribution in [2.24, 2.45) is 0 Å². The van der Waals surface area contributed by atoms with Gasteiger partial charge in [0.1, 0.15) is 22.3 Å². The number of benzene rings is 3. The molecule has 3 aromatic carbocycles. The Labute approximate surface area is 218 Å². The third-order valence-corrected chi connectivity index (χ3v) is 6.75. The summed E-state index contributed by atoms with van der Waals surface area (Å²) in [5.74, 6) is 1.74. The van der Waals surface area contributed by atoms with Gasteiger partial charge in [0.2, 0.25) is 6.79 Å². The first kappa shape index (κ1) is 24.7. The average molecular weight is 520 g/mol. The number of nitrogens with zero attached hydrogens (tertiary/aromatic N) is 2. The summed E-state index contributed by atoms with van der Waals surface area (Å²) in [5.41, 5.74) is 3.41. The van der Waals surface area contributed by atoms with Crippen LogP contribution in [0.5, 0.6) is 17.2 Å². The van der Waals surface area contributed by atoms with Gasteiger partial charge in [0, 0.05) is 25.0 Å². The molecule has 0 saturated carbocycles. The zero-order valence-electron chi connectivity index (χ0n) is 20.3. The molecule has 0 unspecified atom stereocenters. The van der Waals surface area contributed by atoms with E-state index in [-0.39, 0.29) is 18.5 Å². The van der Waals surface area contributed by atoms with Crippen molar-refractivity contribution in [3.05, 3.63) is 105 Å². The SMILES string of the molecule is COc1ccc(CN(Cc2ccc3c(c2)OCO3)Cc2nc(C(=O)NCc3ccc(F)cc3)cs2)cc1. The highest BCUT2D eigenvalue weighted by Gasteiger charge is 2.17. The van der Waals surface area contributed by atoms with Crippen LogP contribution in [0.1, 0.15) is 32.2 Å². The van der Waals surface area contributed by atoms with Crippen LogP contribution in [0.4, 0.5) is 4.39 Å². The highest BCUT2D eigenvalue weighted by Crippen LogP contribution is 2.33.